The molecule has 0 aliphatic carbocycles. The maximum atomic E-state index is 11.1. The summed E-state index contributed by atoms with van der Waals surface area (Å²) in [5.41, 5.74) is 0. The van der Waals surface area contributed by atoms with E-state index in [1.807, 2.05) is 0 Å². The fraction of sp³-hybridized carbons (Fsp3) is 0.733. The quantitative estimate of drug-likeness (QED) is 0.861. The normalized spacial score (nSPS) is 24.6. The average molecular weight is 388 g/mol. The van der Waals surface area contributed by atoms with Gasteiger partial charge in [-0.05, 0) is 54.1 Å². The van der Waals surface area contributed by atoms with Gasteiger partial charge in [0.1, 0.15) is 9.48 Å². The molecule has 2 saturated heterocycles. The van der Waals surface area contributed by atoms with Crippen LogP contribution in [-0.4, -0.2) is 53.2 Å². The highest BCUT2D eigenvalue weighted by atomic mass is 79.9. The number of carboxylic acid groups (broad SMARTS) is 1. The Morgan fingerprint density at radius 3 is 2.64 bits per heavy atom. The predicted molar refractivity (Wildman–Crippen MR) is 92.0 cm³/mol. The van der Waals surface area contributed by atoms with Crippen molar-refractivity contribution in [3.63, 3.8) is 0 Å². The summed E-state index contributed by atoms with van der Waals surface area (Å²) in [7, 11) is 0. The topological polar surface area (TPSA) is 56.7 Å². The zero-order chi connectivity index (χ0) is 15.7. The van der Waals surface area contributed by atoms with Gasteiger partial charge < -0.3 is 10.0 Å². The fourth-order valence-electron chi connectivity index (χ4n) is 3.54. The highest BCUT2D eigenvalue weighted by molar-refractivity contribution is 9.10. The summed E-state index contributed by atoms with van der Waals surface area (Å²) in [4.78, 5) is 20.7. The van der Waals surface area contributed by atoms with Gasteiger partial charge in [0.05, 0.1) is 0 Å². The molecule has 3 rings (SSSR count). The molecule has 2 aliphatic rings. The number of hydrogen-bond acceptors (Lipinski definition) is 5. The van der Waals surface area contributed by atoms with Crippen molar-refractivity contribution < 1.29 is 9.90 Å². The van der Waals surface area contributed by atoms with Crippen molar-refractivity contribution in [2.75, 3.05) is 31.1 Å². The summed E-state index contributed by atoms with van der Waals surface area (Å²) >= 11 is 4.52. The van der Waals surface area contributed by atoms with Gasteiger partial charge in [0.15, 0.2) is 5.13 Å². The molecule has 0 saturated carbocycles. The zero-order valence-electron chi connectivity index (χ0n) is 12.8. The highest BCUT2D eigenvalue weighted by Gasteiger charge is 2.29. The minimum atomic E-state index is -0.909. The van der Waals surface area contributed by atoms with Crippen LogP contribution in [0.15, 0.2) is 4.60 Å². The standard InChI is InChI=1S/C15H22BrN3O2S/c1-10-3-2-6-19(9-10)11-4-7-18(8-5-11)15-17-13(16)12(22-15)14(20)21/h10-11H,2-9H2,1H3,(H,20,21)/t10-/m1/s1. The van der Waals surface area contributed by atoms with Crippen LogP contribution in [0.4, 0.5) is 5.13 Å². The molecule has 22 heavy (non-hydrogen) atoms. The number of carboxylic acids is 1. The molecule has 1 atom stereocenters. The summed E-state index contributed by atoms with van der Waals surface area (Å²) in [6.07, 6.45) is 4.97. The van der Waals surface area contributed by atoms with Gasteiger partial charge in [-0.3, -0.25) is 4.90 Å². The van der Waals surface area contributed by atoms with Gasteiger partial charge in [-0.25, -0.2) is 9.78 Å². The van der Waals surface area contributed by atoms with Crippen molar-refractivity contribution in [2.24, 2.45) is 5.92 Å². The Morgan fingerprint density at radius 2 is 2.05 bits per heavy atom. The van der Waals surface area contributed by atoms with E-state index in [2.05, 4.69) is 37.6 Å². The number of nitrogens with zero attached hydrogens (tertiary/aromatic N) is 3. The lowest BCUT2D eigenvalue weighted by molar-refractivity contribution is 0.0701. The minimum Gasteiger partial charge on any atom is -0.477 e. The van der Waals surface area contributed by atoms with E-state index in [4.69, 9.17) is 5.11 Å². The van der Waals surface area contributed by atoms with Gasteiger partial charge in [0.25, 0.3) is 0 Å². The van der Waals surface area contributed by atoms with Crippen molar-refractivity contribution in [3.8, 4) is 0 Å². The van der Waals surface area contributed by atoms with Crippen molar-refractivity contribution >= 4 is 38.4 Å². The van der Waals surface area contributed by atoms with Gasteiger partial charge >= 0.3 is 5.97 Å². The van der Waals surface area contributed by atoms with Crippen molar-refractivity contribution in [3.05, 3.63) is 9.48 Å². The minimum absolute atomic E-state index is 0.293. The van der Waals surface area contributed by atoms with E-state index in [0.29, 0.717) is 15.5 Å². The Balaban J connectivity index is 1.59. The van der Waals surface area contributed by atoms with Crippen LogP contribution in [0.25, 0.3) is 0 Å². The summed E-state index contributed by atoms with van der Waals surface area (Å²) in [5.74, 6) is -0.0902. The smallest absolute Gasteiger partial charge is 0.348 e. The molecule has 2 fully saturated rings. The Morgan fingerprint density at radius 1 is 1.32 bits per heavy atom. The molecule has 7 heteroatoms. The van der Waals surface area contributed by atoms with E-state index in [1.165, 1.54) is 37.3 Å². The molecule has 2 aliphatic heterocycles. The lowest BCUT2D eigenvalue weighted by atomic mass is 9.95. The Kier molecular flexibility index (Phi) is 5.04. The molecule has 0 aromatic carbocycles. The number of carbonyl (C=O) groups is 1. The van der Waals surface area contributed by atoms with Crippen LogP contribution < -0.4 is 4.90 Å². The lowest BCUT2D eigenvalue weighted by Gasteiger charge is -2.41. The molecule has 1 aromatic heterocycles. The highest BCUT2D eigenvalue weighted by Crippen LogP contribution is 2.32. The summed E-state index contributed by atoms with van der Waals surface area (Å²) < 4.78 is 0.451. The van der Waals surface area contributed by atoms with Gasteiger partial charge in [-0.1, -0.05) is 18.3 Å². The number of hydrogen-bond donors (Lipinski definition) is 1. The van der Waals surface area contributed by atoms with E-state index in [-0.39, 0.29) is 0 Å². The molecule has 1 aromatic rings. The predicted octanol–water partition coefficient (Wildman–Crippen LogP) is 3.30. The molecule has 0 spiro atoms. The molecule has 0 bridgehead atoms. The third kappa shape index (κ3) is 3.46. The van der Waals surface area contributed by atoms with Gasteiger partial charge in [0.2, 0.25) is 0 Å². The number of piperidine rings is 2. The molecular weight excluding hydrogens is 366 g/mol. The van der Waals surface area contributed by atoms with Gasteiger partial charge in [-0.2, -0.15) is 0 Å². The summed E-state index contributed by atoms with van der Waals surface area (Å²) in [6, 6.07) is 0.682. The largest absolute Gasteiger partial charge is 0.477 e. The van der Waals surface area contributed by atoms with Crippen LogP contribution in [0.1, 0.15) is 42.3 Å². The first-order chi connectivity index (χ1) is 10.5. The van der Waals surface area contributed by atoms with Crippen LogP contribution in [-0.2, 0) is 0 Å². The molecule has 1 N–H and O–H groups in total. The monoisotopic (exact) mass is 387 g/mol. The van der Waals surface area contributed by atoms with E-state index < -0.39 is 5.97 Å². The van der Waals surface area contributed by atoms with Gasteiger partial charge in [0, 0.05) is 25.7 Å². The van der Waals surface area contributed by atoms with Crippen molar-refractivity contribution in [1.29, 1.82) is 0 Å². The van der Waals surface area contributed by atoms with E-state index in [1.54, 1.807) is 0 Å². The second-order valence-corrected chi connectivity index (χ2v) is 8.11. The van der Waals surface area contributed by atoms with Crippen LogP contribution in [0, 0.1) is 5.92 Å². The average Bonchev–Trinajstić information content (AvgIpc) is 2.90. The maximum Gasteiger partial charge on any atom is 0.348 e. The number of likely N-dealkylation sites (tertiary alicyclic amines) is 1. The molecule has 5 nitrogen and oxygen atoms in total. The fourth-order valence-corrected chi connectivity index (χ4v) is 5.08. The number of thiazole rings is 1. The first-order valence-corrected chi connectivity index (χ1v) is 9.54. The second-order valence-electron chi connectivity index (χ2n) is 6.38. The number of halogens is 1. The summed E-state index contributed by atoms with van der Waals surface area (Å²) in [5, 5.41) is 9.96. The summed E-state index contributed by atoms with van der Waals surface area (Å²) in [6.45, 7) is 6.75. The zero-order valence-corrected chi connectivity index (χ0v) is 15.2. The first kappa shape index (κ1) is 16.2. The first-order valence-electron chi connectivity index (χ1n) is 7.93. The molecular formula is C15H22BrN3O2S. The molecule has 122 valence electrons. The maximum absolute atomic E-state index is 11.1. The molecule has 3 heterocycles. The van der Waals surface area contributed by atoms with Crippen molar-refractivity contribution in [1.82, 2.24) is 9.88 Å². The van der Waals surface area contributed by atoms with Crippen LogP contribution in [0.3, 0.4) is 0 Å². The Labute approximate surface area is 143 Å². The van der Waals surface area contributed by atoms with Gasteiger partial charge in [-0.15, -0.1) is 0 Å². The Hall–Kier alpha value is -0.660. The number of aromatic nitrogens is 1. The Bertz CT molecular complexity index is 543. The third-order valence-corrected chi connectivity index (χ3v) is 6.65. The van der Waals surface area contributed by atoms with Crippen LogP contribution >= 0.6 is 27.3 Å². The molecule has 0 amide bonds. The van der Waals surface area contributed by atoms with E-state index >= 15 is 0 Å². The van der Waals surface area contributed by atoms with Crippen molar-refractivity contribution in [2.45, 2.75) is 38.6 Å². The lowest BCUT2D eigenvalue weighted by Crippen LogP contribution is -2.48. The van der Waals surface area contributed by atoms with Crippen LogP contribution in [0.5, 0.6) is 0 Å². The molecule has 0 radical (unpaired) electrons. The number of anilines is 1. The number of rotatable bonds is 3. The molecule has 0 unspecified atom stereocenters. The van der Waals surface area contributed by atoms with E-state index in [9.17, 15) is 4.79 Å². The number of aromatic carboxylic acids is 1. The third-order valence-electron chi connectivity index (χ3n) is 4.71. The SMILES string of the molecule is C[C@@H]1CCCN(C2CCN(c3nc(Br)c(C(=O)O)s3)CC2)C1. The van der Waals surface area contributed by atoms with E-state index in [0.717, 1.165) is 37.0 Å². The van der Waals surface area contributed by atoms with Crippen LogP contribution in [0.2, 0.25) is 0 Å². The second kappa shape index (κ2) is 6.84.